The van der Waals surface area contributed by atoms with E-state index in [4.69, 9.17) is 18.8 Å². The first kappa shape index (κ1) is 32.3. The molecule has 14 nitrogen and oxygen atoms in total. The van der Waals surface area contributed by atoms with Crippen LogP contribution in [-0.2, 0) is 23.1 Å². The summed E-state index contributed by atoms with van der Waals surface area (Å²) in [4.78, 5) is 52.8. The maximum Gasteiger partial charge on any atom is 0.407 e. The number of morpholine rings is 1. The summed E-state index contributed by atoms with van der Waals surface area (Å²) in [7, 11) is -3.52. The van der Waals surface area contributed by atoms with E-state index in [9.17, 15) is 24.1 Å². The summed E-state index contributed by atoms with van der Waals surface area (Å²) in [5.74, 6) is -0.0882. The lowest BCUT2D eigenvalue weighted by molar-refractivity contribution is -0.134. The fourth-order valence-electron chi connectivity index (χ4n) is 4.90. The van der Waals surface area contributed by atoms with Gasteiger partial charge in [0.05, 0.1) is 32.6 Å². The van der Waals surface area contributed by atoms with E-state index in [0.717, 1.165) is 5.56 Å². The lowest BCUT2D eigenvalue weighted by Crippen LogP contribution is -2.56. The molecule has 0 spiro atoms. The molecule has 0 aliphatic carbocycles. The van der Waals surface area contributed by atoms with Gasteiger partial charge in [-0.25, -0.2) is 14.8 Å². The molecule has 234 valence electrons. The highest BCUT2D eigenvalue weighted by molar-refractivity contribution is 7.53. The first-order chi connectivity index (χ1) is 20.7. The van der Waals surface area contributed by atoms with Crippen LogP contribution in [0.3, 0.4) is 0 Å². The van der Waals surface area contributed by atoms with Crippen molar-refractivity contribution in [3.8, 4) is 11.4 Å². The maximum atomic E-state index is 13.7. The summed E-state index contributed by atoms with van der Waals surface area (Å²) in [5.41, 5.74) is 0.798. The minimum atomic E-state index is -3.52. The molecule has 2 aliphatic rings. The fraction of sp³-hybridized carbons (Fsp3) is 0.536. The van der Waals surface area contributed by atoms with Crippen LogP contribution < -0.4 is 10.2 Å². The Morgan fingerprint density at radius 3 is 2.21 bits per heavy atom. The minimum absolute atomic E-state index is 0.0199. The van der Waals surface area contributed by atoms with Crippen molar-refractivity contribution in [2.45, 2.75) is 26.3 Å². The van der Waals surface area contributed by atoms with Gasteiger partial charge in [0.25, 0.3) is 5.91 Å². The van der Waals surface area contributed by atoms with E-state index < -0.39 is 31.5 Å². The van der Waals surface area contributed by atoms with Crippen molar-refractivity contribution in [2.75, 3.05) is 76.8 Å². The van der Waals surface area contributed by atoms with E-state index >= 15 is 0 Å². The number of aromatic nitrogens is 2. The van der Waals surface area contributed by atoms with Gasteiger partial charge in [0, 0.05) is 50.9 Å². The monoisotopic (exact) mass is 618 g/mol. The van der Waals surface area contributed by atoms with Gasteiger partial charge in [0.1, 0.15) is 17.6 Å². The lowest BCUT2D eigenvalue weighted by Gasteiger charge is -2.35. The molecule has 1 aromatic carbocycles. The normalized spacial score (nSPS) is 16.6. The molecule has 15 heteroatoms. The minimum Gasteiger partial charge on any atom is -0.465 e. The number of ether oxygens (including phenoxy) is 1. The molecule has 0 radical (unpaired) electrons. The molecule has 0 saturated carbocycles. The van der Waals surface area contributed by atoms with Gasteiger partial charge in [-0.2, -0.15) is 0 Å². The Labute approximate surface area is 250 Å². The third-order valence-corrected chi connectivity index (χ3v) is 9.23. The molecule has 2 saturated heterocycles. The molecule has 43 heavy (non-hydrogen) atoms. The average molecular weight is 619 g/mol. The Hall–Kier alpha value is -3.58. The highest BCUT2D eigenvalue weighted by atomic mass is 31.2. The summed E-state index contributed by atoms with van der Waals surface area (Å²) in [6, 6.07) is 9.79. The number of nitrogens with zero attached hydrogens (tertiary/aromatic N) is 5. The molecule has 0 unspecified atom stereocenters. The van der Waals surface area contributed by atoms with Crippen LogP contribution in [-0.4, -0.2) is 121 Å². The molecule has 1 atom stereocenters. The van der Waals surface area contributed by atoms with Crippen LogP contribution in [0.5, 0.6) is 0 Å². The van der Waals surface area contributed by atoms with Crippen molar-refractivity contribution in [2.24, 2.45) is 0 Å². The fourth-order valence-corrected chi connectivity index (χ4v) is 6.59. The van der Waals surface area contributed by atoms with Crippen molar-refractivity contribution in [3.63, 3.8) is 0 Å². The molecule has 2 aromatic rings. The molecule has 3 heterocycles. The third-order valence-electron chi connectivity index (χ3n) is 7.12. The van der Waals surface area contributed by atoms with E-state index in [1.165, 1.54) is 9.80 Å². The number of anilines is 1. The smallest absolute Gasteiger partial charge is 0.407 e. The summed E-state index contributed by atoms with van der Waals surface area (Å²) < 4.78 is 29.5. The van der Waals surface area contributed by atoms with Gasteiger partial charge in [0.15, 0.2) is 5.82 Å². The third kappa shape index (κ3) is 8.73. The van der Waals surface area contributed by atoms with Crippen molar-refractivity contribution in [1.29, 1.82) is 0 Å². The molecule has 2 fully saturated rings. The number of benzene rings is 1. The van der Waals surface area contributed by atoms with Gasteiger partial charge >= 0.3 is 13.7 Å². The highest BCUT2D eigenvalue weighted by Crippen LogP contribution is 2.48. The van der Waals surface area contributed by atoms with Crippen molar-refractivity contribution >= 4 is 31.3 Å². The van der Waals surface area contributed by atoms with E-state index in [2.05, 4.69) is 10.3 Å². The molecule has 0 bridgehead atoms. The molecule has 1 aromatic heterocycles. The van der Waals surface area contributed by atoms with Crippen LogP contribution in [0.1, 0.15) is 30.8 Å². The SMILES string of the molecule is CCOP(=O)(CC[C@H](NC(=O)c1cc(N2CCOCC2)nc(-c2ccccc2)n1)C(=O)N1CCN(C(=O)O)CC1)OCC. The molecular weight excluding hydrogens is 579 g/mol. The number of carbonyl (C=O) groups excluding carboxylic acids is 2. The zero-order valence-electron chi connectivity index (χ0n) is 24.5. The van der Waals surface area contributed by atoms with Crippen molar-refractivity contribution < 1.29 is 37.8 Å². The summed E-state index contributed by atoms with van der Waals surface area (Å²) in [6.45, 7) is 6.58. The Bertz CT molecular complexity index is 1290. The molecule has 2 N–H and O–H groups in total. The zero-order valence-corrected chi connectivity index (χ0v) is 25.4. The lowest BCUT2D eigenvalue weighted by atomic mass is 10.1. The summed E-state index contributed by atoms with van der Waals surface area (Å²) in [5, 5.41) is 12.1. The Balaban J connectivity index is 1.60. The van der Waals surface area contributed by atoms with Crippen LogP contribution in [0.4, 0.5) is 10.6 Å². The standard InChI is InChI=1S/C28H39N6O8P/c1-3-41-43(39,42-4-2)19-10-22(27(36)33-11-13-34(14-12-33)28(37)38)30-26(35)23-20-24(32-15-17-40-18-16-32)31-25(29-23)21-8-6-5-7-9-21/h5-9,20,22H,3-4,10-19H2,1-2H3,(H,30,35)(H,37,38)/t22-/m0/s1. The largest absolute Gasteiger partial charge is 0.465 e. The Morgan fingerprint density at radius 1 is 0.977 bits per heavy atom. The number of amides is 3. The number of hydrogen-bond acceptors (Lipinski definition) is 10. The predicted molar refractivity (Wildman–Crippen MR) is 158 cm³/mol. The quantitative estimate of drug-likeness (QED) is 0.336. The van der Waals surface area contributed by atoms with Crippen LogP contribution >= 0.6 is 7.60 Å². The van der Waals surface area contributed by atoms with Gasteiger partial charge in [-0.05, 0) is 20.3 Å². The van der Waals surface area contributed by atoms with E-state index in [-0.39, 0.29) is 57.7 Å². The van der Waals surface area contributed by atoms with Crippen LogP contribution in [0.25, 0.3) is 11.4 Å². The van der Waals surface area contributed by atoms with Crippen LogP contribution in [0, 0.1) is 0 Å². The molecule has 2 aliphatic heterocycles. The van der Waals surface area contributed by atoms with Gasteiger partial charge < -0.3 is 38.9 Å². The van der Waals surface area contributed by atoms with Gasteiger partial charge in [-0.1, -0.05) is 30.3 Å². The number of carbonyl (C=O) groups is 3. The van der Waals surface area contributed by atoms with Gasteiger partial charge in [-0.3, -0.25) is 14.2 Å². The molecule has 4 rings (SSSR count). The maximum absolute atomic E-state index is 13.7. The van der Waals surface area contributed by atoms with Crippen molar-refractivity contribution in [3.05, 3.63) is 42.1 Å². The summed E-state index contributed by atoms with van der Waals surface area (Å²) in [6.07, 6.45) is -1.17. The summed E-state index contributed by atoms with van der Waals surface area (Å²) >= 11 is 0. The second-order valence-corrected chi connectivity index (χ2v) is 12.2. The zero-order chi connectivity index (χ0) is 30.8. The second-order valence-electron chi connectivity index (χ2n) is 9.98. The number of nitrogens with one attached hydrogen (secondary N) is 1. The van der Waals surface area contributed by atoms with E-state index in [1.807, 2.05) is 35.2 Å². The van der Waals surface area contributed by atoms with Gasteiger partial charge in [0.2, 0.25) is 5.91 Å². The predicted octanol–water partition coefficient (Wildman–Crippen LogP) is 2.56. The number of piperazine rings is 1. The molecule has 3 amide bonds. The van der Waals surface area contributed by atoms with Crippen molar-refractivity contribution in [1.82, 2.24) is 25.1 Å². The second kappa shape index (κ2) is 15.2. The van der Waals surface area contributed by atoms with E-state index in [1.54, 1.807) is 19.9 Å². The van der Waals surface area contributed by atoms with Crippen LogP contribution in [0.2, 0.25) is 0 Å². The van der Waals surface area contributed by atoms with Crippen LogP contribution in [0.15, 0.2) is 36.4 Å². The number of hydrogen-bond donors (Lipinski definition) is 2. The first-order valence-electron chi connectivity index (χ1n) is 14.5. The highest BCUT2D eigenvalue weighted by Gasteiger charge is 2.34. The number of carboxylic acid groups (broad SMARTS) is 1. The number of rotatable bonds is 12. The Morgan fingerprint density at radius 2 is 1.60 bits per heavy atom. The molecular formula is C28H39N6O8P. The first-order valence-corrected chi connectivity index (χ1v) is 16.2. The Kier molecular flexibility index (Phi) is 11.5. The van der Waals surface area contributed by atoms with E-state index in [0.29, 0.717) is 37.9 Å². The van der Waals surface area contributed by atoms with Gasteiger partial charge in [-0.15, -0.1) is 0 Å². The average Bonchev–Trinajstić information content (AvgIpc) is 3.03. The topological polar surface area (TPSA) is 164 Å².